The molecule has 12 heteroatoms. The fourth-order valence-electron chi connectivity index (χ4n) is 4.01. The van der Waals surface area contributed by atoms with Crippen molar-refractivity contribution in [2.45, 2.75) is 63.6 Å². The molecule has 1 aromatic rings. The van der Waals surface area contributed by atoms with Crippen LogP contribution in [0.1, 0.15) is 43.5 Å². The standard InChI is InChI=1S/C22H29F3N4O5/c1-12(2)27-21(32)28-13-4-7-17-15(8-13)20(31)29(3)16-6-5-14(34-18(16)10-33-17)9-19(30)26-11-22(23,24)25/h4,7-8,12,14,16,18H,5-6,9-11H2,1-3H3,(H,26,30)(H2,27,28,32)/t14-,16+,18-/m0/s1. The van der Waals surface area contributed by atoms with Gasteiger partial charge in [0.2, 0.25) is 5.91 Å². The molecule has 1 fully saturated rings. The largest absolute Gasteiger partial charge is 0.490 e. The Morgan fingerprint density at radius 3 is 2.65 bits per heavy atom. The number of hydrogen-bond acceptors (Lipinski definition) is 5. The number of likely N-dealkylation sites (N-methyl/N-ethyl adjacent to an activating group) is 1. The molecular weight excluding hydrogens is 457 g/mol. The average Bonchev–Trinajstić information content (AvgIpc) is 2.74. The number of anilines is 1. The quantitative estimate of drug-likeness (QED) is 0.593. The van der Waals surface area contributed by atoms with E-state index in [0.717, 1.165) is 0 Å². The minimum absolute atomic E-state index is 0.0526. The highest BCUT2D eigenvalue weighted by Crippen LogP contribution is 2.32. The number of carbonyl (C=O) groups excluding carboxylic acids is 3. The monoisotopic (exact) mass is 486 g/mol. The summed E-state index contributed by atoms with van der Waals surface area (Å²) in [5, 5.41) is 7.24. The number of hydrogen-bond donors (Lipinski definition) is 3. The molecule has 9 nitrogen and oxygen atoms in total. The van der Waals surface area contributed by atoms with Gasteiger partial charge in [-0.05, 0) is 44.9 Å². The second kappa shape index (κ2) is 10.5. The number of nitrogens with zero attached hydrogens (tertiary/aromatic N) is 1. The molecular formula is C22H29F3N4O5. The van der Waals surface area contributed by atoms with Gasteiger partial charge in [-0.3, -0.25) is 9.59 Å². The Labute approximate surface area is 195 Å². The highest BCUT2D eigenvalue weighted by atomic mass is 19.4. The van der Waals surface area contributed by atoms with E-state index in [4.69, 9.17) is 9.47 Å². The number of halogens is 3. The van der Waals surface area contributed by atoms with Crippen molar-refractivity contribution >= 4 is 23.5 Å². The average molecular weight is 486 g/mol. The number of benzene rings is 1. The summed E-state index contributed by atoms with van der Waals surface area (Å²) >= 11 is 0. The van der Waals surface area contributed by atoms with Crippen molar-refractivity contribution in [3.63, 3.8) is 0 Å². The van der Waals surface area contributed by atoms with Crippen LogP contribution < -0.4 is 20.7 Å². The van der Waals surface area contributed by atoms with Crippen molar-refractivity contribution in [1.29, 1.82) is 0 Å². The van der Waals surface area contributed by atoms with Crippen LogP contribution in [-0.4, -0.2) is 73.4 Å². The summed E-state index contributed by atoms with van der Waals surface area (Å²) in [5.74, 6) is -0.745. The maximum atomic E-state index is 13.2. The zero-order chi connectivity index (χ0) is 25.0. The van der Waals surface area contributed by atoms with Gasteiger partial charge in [0.25, 0.3) is 5.91 Å². The first kappa shape index (κ1) is 25.6. The molecule has 2 heterocycles. The maximum Gasteiger partial charge on any atom is 0.405 e. The Bertz CT molecular complexity index is 924. The number of nitrogens with one attached hydrogen (secondary N) is 3. The third kappa shape index (κ3) is 6.75. The number of amides is 4. The zero-order valence-electron chi connectivity index (χ0n) is 19.2. The SMILES string of the molecule is CC(C)NC(=O)Nc1ccc2c(c1)C(=O)N(C)[C@@H]1CC[C@@H](CC(=O)NCC(F)(F)F)O[C@H]1CO2. The summed E-state index contributed by atoms with van der Waals surface area (Å²) in [6, 6.07) is 3.96. The topological polar surface area (TPSA) is 109 Å². The molecule has 0 aliphatic carbocycles. The second-order valence-corrected chi connectivity index (χ2v) is 8.73. The van der Waals surface area contributed by atoms with Crippen molar-refractivity contribution in [3.05, 3.63) is 23.8 Å². The van der Waals surface area contributed by atoms with Crippen LogP contribution in [0.25, 0.3) is 0 Å². The predicted molar refractivity (Wildman–Crippen MR) is 117 cm³/mol. The summed E-state index contributed by atoms with van der Waals surface area (Å²) in [7, 11) is 1.64. The summed E-state index contributed by atoms with van der Waals surface area (Å²) < 4.78 is 48.7. The third-order valence-corrected chi connectivity index (χ3v) is 5.59. The van der Waals surface area contributed by atoms with E-state index in [-0.39, 0.29) is 36.6 Å². The van der Waals surface area contributed by atoms with Crippen LogP contribution in [0, 0.1) is 0 Å². The lowest BCUT2D eigenvalue weighted by Crippen LogP contribution is -2.54. The van der Waals surface area contributed by atoms with Crippen LogP contribution in [0.3, 0.4) is 0 Å². The number of carbonyl (C=O) groups is 3. The molecule has 0 spiro atoms. The first-order chi connectivity index (χ1) is 15.9. The van der Waals surface area contributed by atoms with Gasteiger partial charge < -0.3 is 30.3 Å². The van der Waals surface area contributed by atoms with E-state index in [1.807, 2.05) is 19.2 Å². The normalized spacial score (nSPS) is 22.6. The van der Waals surface area contributed by atoms with Crippen molar-refractivity contribution in [1.82, 2.24) is 15.5 Å². The van der Waals surface area contributed by atoms with Crippen LogP contribution >= 0.6 is 0 Å². The molecule has 0 unspecified atom stereocenters. The van der Waals surface area contributed by atoms with Gasteiger partial charge in [-0.15, -0.1) is 0 Å². The van der Waals surface area contributed by atoms with Crippen LogP contribution in [0.2, 0.25) is 0 Å². The molecule has 1 aromatic carbocycles. The molecule has 3 N–H and O–H groups in total. The summed E-state index contributed by atoms with van der Waals surface area (Å²) in [4.78, 5) is 38.6. The van der Waals surface area contributed by atoms with E-state index in [1.54, 1.807) is 30.1 Å². The van der Waals surface area contributed by atoms with Gasteiger partial charge in [-0.1, -0.05) is 0 Å². The number of alkyl halides is 3. The van der Waals surface area contributed by atoms with E-state index < -0.39 is 36.9 Å². The third-order valence-electron chi connectivity index (χ3n) is 5.59. The molecule has 0 bridgehead atoms. The smallest absolute Gasteiger partial charge is 0.405 e. The van der Waals surface area contributed by atoms with Gasteiger partial charge >= 0.3 is 12.2 Å². The molecule has 1 saturated heterocycles. The Hall–Kier alpha value is -3.02. The number of fused-ring (bicyclic) bond motifs is 2. The second-order valence-electron chi connectivity index (χ2n) is 8.73. The lowest BCUT2D eigenvalue weighted by atomic mass is 9.94. The molecule has 0 saturated carbocycles. The van der Waals surface area contributed by atoms with Crippen LogP contribution in [0.4, 0.5) is 23.7 Å². The van der Waals surface area contributed by atoms with Gasteiger partial charge in [-0.2, -0.15) is 13.2 Å². The Morgan fingerprint density at radius 2 is 1.97 bits per heavy atom. The van der Waals surface area contributed by atoms with Crippen molar-refractivity contribution in [2.24, 2.45) is 0 Å². The Balaban J connectivity index is 1.67. The molecule has 34 heavy (non-hydrogen) atoms. The van der Waals surface area contributed by atoms with Gasteiger partial charge in [0.05, 0.1) is 24.1 Å². The number of ether oxygens (including phenoxy) is 2. The predicted octanol–water partition coefficient (Wildman–Crippen LogP) is 2.67. The molecule has 2 aliphatic rings. The van der Waals surface area contributed by atoms with Crippen LogP contribution in [-0.2, 0) is 9.53 Å². The van der Waals surface area contributed by atoms with Crippen molar-refractivity contribution in [2.75, 3.05) is 25.5 Å². The lowest BCUT2D eigenvalue weighted by Gasteiger charge is -2.42. The van der Waals surface area contributed by atoms with E-state index in [1.165, 1.54) is 0 Å². The molecule has 0 aromatic heterocycles. The van der Waals surface area contributed by atoms with E-state index in [0.29, 0.717) is 24.3 Å². The molecule has 3 atom stereocenters. The first-order valence-corrected chi connectivity index (χ1v) is 11.0. The fraction of sp³-hybridized carbons (Fsp3) is 0.591. The van der Waals surface area contributed by atoms with Crippen LogP contribution in [0.15, 0.2) is 18.2 Å². The van der Waals surface area contributed by atoms with Gasteiger partial charge in [-0.25, -0.2) is 4.79 Å². The van der Waals surface area contributed by atoms with Crippen molar-refractivity contribution in [3.8, 4) is 5.75 Å². The summed E-state index contributed by atoms with van der Waals surface area (Å²) in [5.41, 5.74) is 0.723. The molecule has 4 amide bonds. The molecule has 0 radical (unpaired) electrons. The first-order valence-electron chi connectivity index (χ1n) is 11.0. The van der Waals surface area contributed by atoms with E-state index >= 15 is 0 Å². The molecule has 2 aliphatic heterocycles. The lowest BCUT2D eigenvalue weighted by molar-refractivity contribution is -0.144. The van der Waals surface area contributed by atoms with Gasteiger partial charge in [0.1, 0.15) is 25.0 Å². The zero-order valence-corrected chi connectivity index (χ0v) is 19.2. The van der Waals surface area contributed by atoms with Crippen LogP contribution in [0.5, 0.6) is 5.75 Å². The minimum atomic E-state index is -4.48. The summed E-state index contributed by atoms with van der Waals surface area (Å²) in [6.07, 6.45) is -4.91. The van der Waals surface area contributed by atoms with Gasteiger partial charge in [0, 0.05) is 18.8 Å². The van der Waals surface area contributed by atoms with Crippen molar-refractivity contribution < 1.29 is 37.0 Å². The minimum Gasteiger partial charge on any atom is -0.490 e. The Kier molecular flexibility index (Phi) is 7.90. The number of rotatable bonds is 5. The number of urea groups is 1. The maximum absolute atomic E-state index is 13.2. The van der Waals surface area contributed by atoms with E-state index in [9.17, 15) is 27.6 Å². The Morgan fingerprint density at radius 1 is 1.24 bits per heavy atom. The van der Waals surface area contributed by atoms with Gasteiger partial charge in [0.15, 0.2) is 0 Å². The molecule has 188 valence electrons. The van der Waals surface area contributed by atoms with E-state index in [2.05, 4.69) is 10.6 Å². The highest BCUT2D eigenvalue weighted by molar-refractivity contribution is 5.99. The highest BCUT2D eigenvalue weighted by Gasteiger charge is 2.39. The molecule has 3 rings (SSSR count). The summed E-state index contributed by atoms with van der Waals surface area (Å²) in [6.45, 7) is 2.36. The fourth-order valence-corrected chi connectivity index (χ4v) is 4.01.